The van der Waals surface area contributed by atoms with Gasteiger partial charge in [0.25, 0.3) is 5.56 Å². The summed E-state index contributed by atoms with van der Waals surface area (Å²) in [4.78, 5) is 25.4. The molecule has 0 saturated carbocycles. The van der Waals surface area contributed by atoms with Crippen LogP contribution in [0.15, 0.2) is 59.7 Å². The third-order valence-electron chi connectivity index (χ3n) is 3.88. The first-order valence-electron chi connectivity index (χ1n) is 8.06. The number of likely N-dealkylation sites (N-methyl/N-ethyl adjacent to an activating group) is 1. The van der Waals surface area contributed by atoms with Gasteiger partial charge in [0.15, 0.2) is 0 Å². The lowest BCUT2D eigenvalue weighted by molar-refractivity contribution is 0.217. The topological polar surface area (TPSA) is 82.1 Å². The van der Waals surface area contributed by atoms with Crippen LogP contribution >= 0.6 is 0 Å². The molecular formula is C19H20N4O2. The summed E-state index contributed by atoms with van der Waals surface area (Å²) in [5, 5.41) is 8.97. The van der Waals surface area contributed by atoms with Crippen LogP contribution in [-0.4, -0.2) is 45.2 Å². The van der Waals surface area contributed by atoms with Gasteiger partial charge in [-0.1, -0.05) is 24.3 Å². The summed E-state index contributed by atoms with van der Waals surface area (Å²) < 4.78 is 0. The van der Waals surface area contributed by atoms with Gasteiger partial charge in [-0.25, -0.2) is 4.98 Å². The zero-order chi connectivity index (χ0) is 17.6. The Bertz CT molecular complexity index is 876. The summed E-state index contributed by atoms with van der Waals surface area (Å²) in [6.45, 7) is 1.52. The maximum atomic E-state index is 12.0. The minimum Gasteiger partial charge on any atom is -0.395 e. The lowest BCUT2D eigenvalue weighted by Gasteiger charge is -2.15. The van der Waals surface area contributed by atoms with Gasteiger partial charge in [0.2, 0.25) is 0 Å². The molecule has 0 radical (unpaired) electrons. The summed E-state index contributed by atoms with van der Waals surface area (Å²) >= 11 is 0. The Morgan fingerprint density at radius 2 is 1.80 bits per heavy atom. The minimum atomic E-state index is -0.191. The molecule has 0 saturated heterocycles. The van der Waals surface area contributed by atoms with E-state index in [1.807, 2.05) is 48.3 Å². The van der Waals surface area contributed by atoms with Gasteiger partial charge in [-0.3, -0.25) is 14.7 Å². The fraction of sp³-hybridized carbons (Fsp3) is 0.211. The van der Waals surface area contributed by atoms with Gasteiger partial charge >= 0.3 is 0 Å². The Balaban J connectivity index is 1.87. The van der Waals surface area contributed by atoms with Crippen LogP contribution in [-0.2, 0) is 6.54 Å². The molecule has 3 rings (SSSR count). The Morgan fingerprint density at radius 3 is 2.48 bits per heavy atom. The molecule has 6 nitrogen and oxygen atoms in total. The zero-order valence-electron chi connectivity index (χ0n) is 14.0. The lowest BCUT2D eigenvalue weighted by Crippen LogP contribution is -2.21. The molecule has 0 bridgehead atoms. The van der Waals surface area contributed by atoms with E-state index in [-0.39, 0.29) is 12.2 Å². The van der Waals surface area contributed by atoms with Gasteiger partial charge in [0, 0.05) is 42.7 Å². The number of aliphatic hydroxyl groups excluding tert-OH is 1. The summed E-state index contributed by atoms with van der Waals surface area (Å²) in [5.41, 5.74) is 3.26. The highest BCUT2D eigenvalue weighted by atomic mass is 16.3. The normalized spacial score (nSPS) is 11.0. The van der Waals surface area contributed by atoms with Crippen molar-refractivity contribution >= 4 is 0 Å². The Kier molecular flexibility index (Phi) is 5.33. The van der Waals surface area contributed by atoms with E-state index in [0.717, 1.165) is 23.2 Å². The summed E-state index contributed by atoms with van der Waals surface area (Å²) in [5.74, 6) is 0.537. The van der Waals surface area contributed by atoms with Crippen molar-refractivity contribution in [1.29, 1.82) is 0 Å². The molecule has 0 unspecified atom stereocenters. The summed E-state index contributed by atoms with van der Waals surface area (Å²) in [6, 6.07) is 13.0. The molecule has 0 aliphatic rings. The summed E-state index contributed by atoms with van der Waals surface area (Å²) in [7, 11) is 1.96. The highest BCUT2D eigenvalue weighted by molar-refractivity contribution is 5.63. The molecule has 0 aliphatic heterocycles. The van der Waals surface area contributed by atoms with E-state index in [1.165, 1.54) is 6.07 Å². The van der Waals surface area contributed by atoms with E-state index in [1.54, 1.807) is 12.4 Å². The van der Waals surface area contributed by atoms with Gasteiger partial charge in [-0.15, -0.1) is 0 Å². The quantitative estimate of drug-likeness (QED) is 0.719. The number of hydrogen-bond donors (Lipinski definition) is 2. The molecule has 0 spiro atoms. The molecular weight excluding hydrogens is 316 g/mol. The third kappa shape index (κ3) is 4.37. The molecule has 25 heavy (non-hydrogen) atoms. The molecule has 0 amide bonds. The van der Waals surface area contributed by atoms with Crippen LogP contribution in [0, 0.1) is 0 Å². The second kappa shape index (κ2) is 7.83. The SMILES string of the molecule is CN(CCO)Cc1ccc(-c2nc(-c3ccncc3)cc(=O)[nH]2)cc1. The van der Waals surface area contributed by atoms with Gasteiger partial charge in [0.1, 0.15) is 5.82 Å². The number of benzene rings is 1. The number of aliphatic hydroxyl groups is 1. The maximum Gasteiger partial charge on any atom is 0.251 e. The Labute approximate surface area is 145 Å². The van der Waals surface area contributed by atoms with Crippen molar-refractivity contribution in [1.82, 2.24) is 19.9 Å². The molecule has 2 N–H and O–H groups in total. The molecule has 1 aromatic carbocycles. The maximum absolute atomic E-state index is 12.0. The van der Waals surface area contributed by atoms with Gasteiger partial charge in [0.05, 0.1) is 12.3 Å². The van der Waals surface area contributed by atoms with E-state index >= 15 is 0 Å². The first-order chi connectivity index (χ1) is 12.2. The number of nitrogens with one attached hydrogen (secondary N) is 1. The second-order valence-electron chi connectivity index (χ2n) is 5.87. The molecule has 0 atom stereocenters. The molecule has 6 heteroatoms. The lowest BCUT2D eigenvalue weighted by atomic mass is 10.1. The van der Waals surface area contributed by atoms with Gasteiger partial charge < -0.3 is 10.1 Å². The number of pyridine rings is 1. The number of aromatic amines is 1. The van der Waals surface area contributed by atoms with Crippen molar-refractivity contribution in [2.24, 2.45) is 0 Å². The first kappa shape index (κ1) is 17.0. The zero-order valence-corrected chi connectivity index (χ0v) is 14.0. The van der Waals surface area contributed by atoms with Crippen molar-refractivity contribution in [3.63, 3.8) is 0 Å². The van der Waals surface area contributed by atoms with Crippen LogP contribution in [0.5, 0.6) is 0 Å². The minimum absolute atomic E-state index is 0.140. The van der Waals surface area contributed by atoms with E-state index in [9.17, 15) is 4.79 Å². The van der Waals surface area contributed by atoms with Crippen LogP contribution in [0.25, 0.3) is 22.6 Å². The fourth-order valence-electron chi connectivity index (χ4n) is 2.59. The molecule has 128 valence electrons. The van der Waals surface area contributed by atoms with Crippen molar-refractivity contribution in [3.8, 4) is 22.6 Å². The number of rotatable bonds is 6. The smallest absolute Gasteiger partial charge is 0.251 e. The first-order valence-corrected chi connectivity index (χ1v) is 8.06. The van der Waals surface area contributed by atoms with E-state index < -0.39 is 0 Å². The van der Waals surface area contributed by atoms with E-state index in [2.05, 4.69) is 15.0 Å². The standard InChI is InChI=1S/C19H20N4O2/c1-23(10-11-24)13-14-2-4-16(5-3-14)19-21-17(12-18(25)22-19)15-6-8-20-9-7-15/h2-9,12,24H,10-11,13H2,1H3,(H,21,22,25). The van der Waals surface area contributed by atoms with Crippen LogP contribution in [0.4, 0.5) is 0 Å². The largest absolute Gasteiger partial charge is 0.395 e. The molecule has 2 aromatic heterocycles. The van der Waals surface area contributed by atoms with E-state index in [0.29, 0.717) is 18.1 Å². The molecule has 0 fully saturated rings. The molecule has 3 aromatic rings. The monoisotopic (exact) mass is 336 g/mol. The fourth-order valence-corrected chi connectivity index (χ4v) is 2.59. The van der Waals surface area contributed by atoms with Crippen molar-refractivity contribution in [2.75, 3.05) is 20.2 Å². The molecule has 0 aliphatic carbocycles. The Morgan fingerprint density at radius 1 is 1.08 bits per heavy atom. The van der Waals surface area contributed by atoms with Crippen molar-refractivity contribution < 1.29 is 5.11 Å². The van der Waals surface area contributed by atoms with Crippen molar-refractivity contribution in [3.05, 3.63) is 70.8 Å². The highest BCUT2D eigenvalue weighted by Crippen LogP contribution is 2.19. The summed E-state index contributed by atoms with van der Waals surface area (Å²) in [6.07, 6.45) is 3.35. The number of hydrogen-bond acceptors (Lipinski definition) is 5. The van der Waals surface area contributed by atoms with E-state index in [4.69, 9.17) is 5.11 Å². The number of aromatic nitrogens is 3. The average molecular weight is 336 g/mol. The van der Waals surface area contributed by atoms with Crippen LogP contribution in [0.3, 0.4) is 0 Å². The van der Waals surface area contributed by atoms with Crippen LogP contribution in [0.2, 0.25) is 0 Å². The third-order valence-corrected chi connectivity index (χ3v) is 3.88. The van der Waals surface area contributed by atoms with Gasteiger partial charge in [-0.2, -0.15) is 0 Å². The van der Waals surface area contributed by atoms with Gasteiger partial charge in [-0.05, 0) is 24.7 Å². The van der Waals surface area contributed by atoms with Crippen molar-refractivity contribution in [2.45, 2.75) is 6.54 Å². The Hall–Kier alpha value is -2.83. The predicted molar refractivity (Wildman–Crippen MR) is 96.9 cm³/mol. The molecule has 2 heterocycles. The second-order valence-corrected chi connectivity index (χ2v) is 5.87. The predicted octanol–water partition coefficient (Wildman–Crippen LogP) is 1.92. The number of nitrogens with zero attached hydrogens (tertiary/aromatic N) is 3. The number of H-pyrrole nitrogens is 1. The van der Waals surface area contributed by atoms with Crippen LogP contribution < -0.4 is 5.56 Å². The van der Waals surface area contributed by atoms with Crippen LogP contribution in [0.1, 0.15) is 5.56 Å². The highest BCUT2D eigenvalue weighted by Gasteiger charge is 2.07. The average Bonchev–Trinajstić information content (AvgIpc) is 2.63.